The summed E-state index contributed by atoms with van der Waals surface area (Å²) in [6.45, 7) is 4.91. The Morgan fingerprint density at radius 3 is 3.00 bits per heavy atom. The van der Waals surface area contributed by atoms with Crippen molar-refractivity contribution in [1.82, 2.24) is 5.32 Å². The van der Waals surface area contributed by atoms with E-state index in [4.69, 9.17) is 9.47 Å². The fourth-order valence-electron chi connectivity index (χ4n) is 1.50. The Morgan fingerprint density at radius 1 is 1.58 bits per heavy atom. The lowest BCUT2D eigenvalue weighted by molar-refractivity contribution is 0.112. The van der Waals surface area contributed by atoms with Gasteiger partial charge in [-0.15, -0.1) is 0 Å². The minimum Gasteiger partial charge on any atom is -0.385 e. The van der Waals surface area contributed by atoms with Gasteiger partial charge in [0.15, 0.2) is 0 Å². The summed E-state index contributed by atoms with van der Waals surface area (Å²) >= 11 is 0. The third kappa shape index (κ3) is 3.09. The van der Waals surface area contributed by atoms with Gasteiger partial charge in [0, 0.05) is 26.4 Å². The molecular formula is C9H19NO2. The number of hydrogen-bond donors (Lipinski definition) is 1. The van der Waals surface area contributed by atoms with Crippen LogP contribution in [0.3, 0.4) is 0 Å². The highest BCUT2D eigenvalue weighted by atomic mass is 16.5. The lowest BCUT2D eigenvalue weighted by atomic mass is 10.1. The van der Waals surface area contributed by atoms with Gasteiger partial charge < -0.3 is 14.8 Å². The van der Waals surface area contributed by atoms with Crippen LogP contribution < -0.4 is 5.32 Å². The molecule has 1 aliphatic heterocycles. The quantitative estimate of drug-likeness (QED) is 0.623. The van der Waals surface area contributed by atoms with Gasteiger partial charge in [-0.1, -0.05) is 0 Å². The number of methoxy groups -OCH3 is 1. The average Bonchev–Trinajstić information content (AvgIpc) is 2.46. The molecule has 0 bridgehead atoms. The molecule has 2 atom stereocenters. The maximum atomic E-state index is 5.43. The van der Waals surface area contributed by atoms with E-state index in [2.05, 4.69) is 12.2 Å². The molecule has 0 aliphatic carbocycles. The Morgan fingerprint density at radius 2 is 2.42 bits per heavy atom. The molecule has 1 rings (SSSR count). The summed E-state index contributed by atoms with van der Waals surface area (Å²) in [7, 11) is 1.74. The molecule has 3 nitrogen and oxygen atoms in total. The van der Waals surface area contributed by atoms with E-state index in [0.717, 1.165) is 32.6 Å². The Kier molecular flexibility index (Phi) is 4.58. The summed E-state index contributed by atoms with van der Waals surface area (Å²) in [5, 5.41) is 3.46. The topological polar surface area (TPSA) is 30.5 Å². The molecule has 0 aromatic carbocycles. The van der Waals surface area contributed by atoms with E-state index >= 15 is 0 Å². The van der Waals surface area contributed by atoms with Crippen molar-refractivity contribution in [3.63, 3.8) is 0 Å². The fraction of sp³-hybridized carbons (Fsp3) is 1.00. The normalized spacial score (nSPS) is 29.5. The predicted octanol–water partition coefficient (Wildman–Crippen LogP) is 0.790. The van der Waals surface area contributed by atoms with E-state index < -0.39 is 0 Å². The van der Waals surface area contributed by atoms with Gasteiger partial charge in [-0.2, -0.15) is 0 Å². The summed E-state index contributed by atoms with van der Waals surface area (Å²) in [5.41, 5.74) is 0. The lowest BCUT2D eigenvalue weighted by Gasteiger charge is -2.15. The third-order valence-corrected chi connectivity index (χ3v) is 2.31. The Balaban J connectivity index is 1.98. The Bertz CT molecular complexity index is 119. The maximum absolute atomic E-state index is 5.43. The largest absolute Gasteiger partial charge is 0.385 e. The van der Waals surface area contributed by atoms with Crippen molar-refractivity contribution in [3.8, 4) is 0 Å². The van der Waals surface area contributed by atoms with Crippen LogP contribution in [0.2, 0.25) is 0 Å². The van der Waals surface area contributed by atoms with Crippen molar-refractivity contribution in [2.24, 2.45) is 0 Å². The van der Waals surface area contributed by atoms with Crippen molar-refractivity contribution < 1.29 is 9.47 Å². The molecule has 12 heavy (non-hydrogen) atoms. The minimum atomic E-state index is 0.382. The number of rotatable bonds is 5. The van der Waals surface area contributed by atoms with Gasteiger partial charge in [0.2, 0.25) is 0 Å². The molecule has 3 heteroatoms. The number of ether oxygens (including phenoxy) is 2. The van der Waals surface area contributed by atoms with E-state index in [9.17, 15) is 0 Å². The van der Waals surface area contributed by atoms with Gasteiger partial charge in [0.25, 0.3) is 0 Å². The summed E-state index contributed by atoms with van der Waals surface area (Å²) in [4.78, 5) is 0. The zero-order valence-electron chi connectivity index (χ0n) is 8.01. The highest BCUT2D eigenvalue weighted by Crippen LogP contribution is 2.11. The lowest BCUT2D eigenvalue weighted by Crippen LogP contribution is -2.35. The highest BCUT2D eigenvalue weighted by Gasteiger charge is 2.22. The third-order valence-electron chi connectivity index (χ3n) is 2.31. The number of nitrogens with one attached hydrogen (secondary N) is 1. The van der Waals surface area contributed by atoms with E-state index in [1.54, 1.807) is 7.11 Å². The molecule has 0 amide bonds. The molecule has 1 fully saturated rings. The summed E-state index contributed by atoms with van der Waals surface area (Å²) < 4.78 is 10.4. The second-order valence-corrected chi connectivity index (χ2v) is 3.27. The van der Waals surface area contributed by atoms with Gasteiger partial charge >= 0.3 is 0 Å². The average molecular weight is 173 g/mol. The van der Waals surface area contributed by atoms with Crippen LogP contribution >= 0.6 is 0 Å². The van der Waals surface area contributed by atoms with Crippen LogP contribution in [0, 0.1) is 0 Å². The first-order valence-corrected chi connectivity index (χ1v) is 4.68. The summed E-state index contributed by atoms with van der Waals surface area (Å²) in [5.74, 6) is 0. The second kappa shape index (κ2) is 5.51. The van der Waals surface area contributed by atoms with Crippen LogP contribution in [-0.2, 0) is 9.47 Å². The first-order valence-electron chi connectivity index (χ1n) is 4.68. The number of hydrogen-bond acceptors (Lipinski definition) is 3. The van der Waals surface area contributed by atoms with Crippen molar-refractivity contribution in [3.05, 3.63) is 0 Å². The molecule has 0 saturated carbocycles. The van der Waals surface area contributed by atoms with Crippen LogP contribution in [0.4, 0.5) is 0 Å². The van der Waals surface area contributed by atoms with Crippen molar-refractivity contribution in [2.45, 2.75) is 31.9 Å². The predicted molar refractivity (Wildman–Crippen MR) is 48.3 cm³/mol. The SMILES string of the molecule is COCCCNC1CCOC1C. The second-order valence-electron chi connectivity index (χ2n) is 3.27. The molecule has 0 spiro atoms. The molecule has 0 aromatic heterocycles. The van der Waals surface area contributed by atoms with E-state index in [-0.39, 0.29) is 0 Å². The van der Waals surface area contributed by atoms with Crippen molar-refractivity contribution in [1.29, 1.82) is 0 Å². The summed E-state index contributed by atoms with van der Waals surface area (Å²) in [6, 6.07) is 0.557. The highest BCUT2D eigenvalue weighted by molar-refractivity contribution is 4.78. The van der Waals surface area contributed by atoms with Gasteiger partial charge in [0.1, 0.15) is 0 Å². The van der Waals surface area contributed by atoms with Gasteiger partial charge in [-0.3, -0.25) is 0 Å². The Hall–Kier alpha value is -0.120. The minimum absolute atomic E-state index is 0.382. The van der Waals surface area contributed by atoms with Crippen LogP contribution in [-0.4, -0.2) is 39.0 Å². The van der Waals surface area contributed by atoms with Crippen molar-refractivity contribution >= 4 is 0 Å². The van der Waals surface area contributed by atoms with Crippen LogP contribution in [0.1, 0.15) is 19.8 Å². The summed E-state index contributed by atoms with van der Waals surface area (Å²) in [6.07, 6.45) is 2.61. The van der Waals surface area contributed by atoms with Crippen molar-refractivity contribution in [2.75, 3.05) is 26.9 Å². The van der Waals surface area contributed by atoms with Gasteiger partial charge in [-0.25, -0.2) is 0 Å². The van der Waals surface area contributed by atoms with Crippen LogP contribution in [0.5, 0.6) is 0 Å². The molecular weight excluding hydrogens is 154 g/mol. The van der Waals surface area contributed by atoms with Gasteiger partial charge in [-0.05, 0) is 26.3 Å². The standard InChI is InChI=1S/C9H19NO2/c1-8-9(4-7-12-8)10-5-3-6-11-2/h8-10H,3-7H2,1-2H3. The first kappa shape index (κ1) is 9.96. The fourth-order valence-corrected chi connectivity index (χ4v) is 1.50. The van der Waals surface area contributed by atoms with Gasteiger partial charge in [0.05, 0.1) is 6.10 Å². The molecule has 1 saturated heterocycles. The molecule has 1 N–H and O–H groups in total. The molecule has 0 aromatic rings. The van der Waals surface area contributed by atoms with E-state index in [0.29, 0.717) is 12.1 Å². The monoisotopic (exact) mass is 173 g/mol. The first-order chi connectivity index (χ1) is 5.84. The molecule has 72 valence electrons. The molecule has 0 radical (unpaired) electrons. The molecule has 1 heterocycles. The zero-order valence-corrected chi connectivity index (χ0v) is 8.01. The van der Waals surface area contributed by atoms with Crippen LogP contribution in [0.15, 0.2) is 0 Å². The smallest absolute Gasteiger partial charge is 0.0700 e. The maximum Gasteiger partial charge on any atom is 0.0700 e. The zero-order chi connectivity index (χ0) is 8.81. The Labute approximate surface area is 74.4 Å². The molecule has 2 unspecified atom stereocenters. The van der Waals surface area contributed by atoms with E-state index in [1.165, 1.54) is 0 Å². The molecule has 1 aliphatic rings. The van der Waals surface area contributed by atoms with Crippen LogP contribution in [0.25, 0.3) is 0 Å². The van der Waals surface area contributed by atoms with E-state index in [1.807, 2.05) is 0 Å².